The summed E-state index contributed by atoms with van der Waals surface area (Å²) in [5.41, 5.74) is 4.98. The Bertz CT molecular complexity index is 960. The van der Waals surface area contributed by atoms with E-state index in [2.05, 4.69) is 16.0 Å². The summed E-state index contributed by atoms with van der Waals surface area (Å²) in [4.78, 5) is 82.1. The lowest BCUT2D eigenvalue weighted by molar-refractivity contribution is -0.136. The summed E-state index contributed by atoms with van der Waals surface area (Å²) in [5, 5.41) is 6.78. The molecule has 2 fully saturated rings. The topological polar surface area (TPSA) is 191 Å². The molecule has 0 unspecified atom stereocenters. The average Bonchev–Trinajstić information content (AvgIpc) is 3.15. The van der Waals surface area contributed by atoms with Gasteiger partial charge in [-0.1, -0.05) is 41.5 Å². The number of amides is 5. The number of Topliss-reactive ketones (excluding diaryl/α,β-unsaturated/α-hetero) is 2. The third kappa shape index (κ3) is 8.87. The van der Waals surface area contributed by atoms with E-state index in [1.54, 1.807) is 41.5 Å². The summed E-state index contributed by atoms with van der Waals surface area (Å²) in [5.74, 6) is -6.41. The van der Waals surface area contributed by atoms with Crippen molar-refractivity contribution in [3.05, 3.63) is 0 Å². The zero-order valence-corrected chi connectivity index (χ0v) is 24.2. The highest BCUT2D eigenvalue weighted by atomic mass is 35.5. The number of hydrogen-bond donors (Lipinski definition) is 4. The molecular weight excluding hydrogens is 520 g/mol. The van der Waals surface area contributed by atoms with Crippen LogP contribution in [0.2, 0.25) is 0 Å². The fourth-order valence-corrected chi connectivity index (χ4v) is 3.86. The SMILES string of the molecule is CC(C)[C@H](N)C(=O)[C@@H]1C(=O)NC(=O)[C@H]1C.CC(C)[C@H](NC(=O)OC(C)(C)C)C(=O)[C@@H]1C(=O)NC(=O)[C@H]1C.Cl. The average molecular weight is 561 g/mol. The van der Waals surface area contributed by atoms with Crippen LogP contribution in [0.5, 0.6) is 0 Å². The Balaban J connectivity index is 0.000000750. The van der Waals surface area contributed by atoms with E-state index in [1.165, 1.54) is 6.92 Å². The van der Waals surface area contributed by atoms with E-state index < -0.39 is 76.9 Å². The molecule has 2 rings (SSSR count). The Morgan fingerprint density at radius 3 is 1.47 bits per heavy atom. The molecule has 2 saturated heterocycles. The number of rotatable bonds is 7. The molecule has 6 atom stereocenters. The van der Waals surface area contributed by atoms with Crippen LogP contribution in [0.1, 0.15) is 62.3 Å². The summed E-state index contributed by atoms with van der Waals surface area (Å²) in [7, 11) is 0. The van der Waals surface area contributed by atoms with Gasteiger partial charge in [-0.15, -0.1) is 12.4 Å². The molecule has 13 heteroatoms. The van der Waals surface area contributed by atoms with Crippen molar-refractivity contribution in [2.24, 2.45) is 41.2 Å². The van der Waals surface area contributed by atoms with Gasteiger partial charge in [-0.2, -0.15) is 0 Å². The van der Waals surface area contributed by atoms with Gasteiger partial charge in [0.2, 0.25) is 23.6 Å². The Morgan fingerprint density at radius 2 is 1.18 bits per heavy atom. The van der Waals surface area contributed by atoms with Crippen LogP contribution in [0, 0.1) is 35.5 Å². The van der Waals surface area contributed by atoms with E-state index in [0.29, 0.717) is 0 Å². The second kappa shape index (κ2) is 13.8. The lowest BCUT2D eigenvalue weighted by Crippen LogP contribution is -2.50. The van der Waals surface area contributed by atoms with Gasteiger partial charge in [0.05, 0.1) is 23.9 Å². The fourth-order valence-electron chi connectivity index (χ4n) is 3.86. The molecule has 0 aromatic heterocycles. The van der Waals surface area contributed by atoms with Crippen molar-refractivity contribution in [3.8, 4) is 0 Å². The zero-order chi connectivity index (χ0) is 29.0. The van der Waals surface area contributed by atoms with E-state index in [0.717, 1.165) is 0 Å². The van der Waals surface area contributed by atoms with Crippen molar-refractivity contribution in [2.75, 3.05) is 0 Å². The molecule has 0 aromatic rings. The van der Waals surface area contributed by atoms with Crippen LogP contribution in [0.25, 0.3) is 0 Å². The number of alkyl carbamates (subject to hydrolysis) is 1. The minimum Gasteiger partial charge on any atom is -0.444 e. The highest BCUT2D eigenvalue weighted by Crippen LogP contribution is 2.24. The van der Waals surface area contributed by atoms with Crippen molar-refractivity contribution < 1.29 is 38.3 Å². The molecule has 5 amide bonds. The quantitative estimate of drug-likeness (QED) is 0.258. The molecule has 5 N–H and O–H groups in total. The molecule has 2 aliphatic heterocycles. The Labute approximate surface area is 229 Å². The summed E-state index contributed by atoms with van der Waals surface area (Å²) in [6.07, 6.45) is -0.725. The van der Waals surface area contributed by atoms with Gasteiger partial charge in [0.25, 0.3) is 0 Å². The first kappa shape index (κ1) is 35.1. The standard InChI is InChI=1S/C15H24N2O5.C10H16N2O3.ClH/c1-7(2)10(16-14(21)22-15(4,5)6)11(18)9-8(3)12(19)17-13(9)20;1-4(2)7(11)8(13)6-5(3)9(14)12-10(6)15;/h7-10H,1-6H3,(H,16,21)(H,17,19,20);4-7H,11H2,1-3H3,(H,12,14,15);1H/t8-,9+,10-;5-,6+,7-;/m00./s1. The van der Waals surface area contributed by atoms with Crippen LogP contribution < -0.4 is 21.7 Å². The molecule has 0 bridgehead atoms. The lowest BCUT2D eigenvalue weighted by atomic mass is 9.85. The van der Waals surface area contributed by atoms with Crippen molar-refractivity contribution in [3.63, 3.8) is 0 Å². The molecule has 12 nitrogen and oxygen atoms in total. The largest absolute Gasteiger partial charge is 0.444 e. The first-order valence-corrected chi connectivity index (χ1v) is 12.3. The number of ketones is 2. The zero-order valence-electron chi connectivity index (χ0n) is 23.4. The molecular formula is C25H41ClN4O8. The van der Waals surface area contributed by atoms with Crippen LogP contribution in [0.15, 0.2) is 0 Å². The summed E-state index contributed by atoms with van der Waals surface area (Å²) in [6.45, 7) is 15.3. The number of hydrogen-bond acceptors (Lipinski definition) is 9. The Morgan fingerprint density at radius 1 is 0.789 bits per heavy atom. The van der Waals surface area contributed by atoms with Gasteiger partial charge < -0.3 is 15.8 Å². The maximum atomic E-state index is 12.6. The smallest absolute Gasteiger partial charge is 0.408 e. The second-order valence-electron chi connectivity index (χ2n) is 11.2. The maximum Gasteiger partial charge on any atom is 0.408 e. The number of ether oxygens (including phenoxy) is 1. The summed E-state index contributed by atoms with van der Waals surface area (Å²) in [6, 6.07) is -1.58. The highest BCUT2D eigenvalue weighted by molar-refractivity contribution is 6.17. The van der Waals surface area contributed by atoms with Crippen molar-refractivity contribution >= 4 is 53.7 Å². The van der Waals surface area contributed by atoms with Gasteiger partial charge in [-0.05, 0) is 32.6 Å². The maximum absolute atomic E-state index is 12.6. The Hall–Kier alpha value is -2.86. The van der Waals surface area contributed by atoms with Crippen molar-refractivity contribution in [2.45, 2.75) is 80.0 Å². The third-order valence-corrected chi connectivity index (χ3v) is 6.19. The predicted molar refractivity (Wildman–Crippen MR) is 140 cm³/mol. The van der Waals surface area contributed by atoms with E-state index in [4.69, 9.17) is 10.5 Å². The van der Waals surface area contributed by atoms with E-state index in [9.17, 15) is 33.6 Å². The summed E-state index contributed by atoms with van der Waals surface area (Å²) < 4.78 is 5.14. The number of imide groups is 2. The molecule has 0 aromatic carbocycles. The number of carbonyl (C=O) groups excluding carboxylic acids is 7. The lowest BCUT2D eigenvalue weighted by Gasteiger charge is -2.26. The first-order chi connectivity index (χ1) is 16.8. The van der Waals surface area contributed by atoms with Crippen molar-refractivity contribution in [1.82, 2.24) is 16.0 Å². The van der Waals surface area contributed by atoms with E-state index in [1.807, 2.05) is 13.8 Å². The number of nitrogens with two attached hydrogens (primary N) is 1. The number of nitrogens with one attached hydrogen (secondary N) is 3. The summed E-state index contributed by atoms with van der Waals surface area (Å²) >= 11 is 0. The normalized spacial score (nSPS) is 24.5. The second-order valence-corrected chi connectivity index (χ2v) is 11.2. The minimum atomic E-state index is -1.07. The first-order valence-electron chi connectivity index (χ1n) is 12.3. The van der Waals surface area contributed by atoms with Gasteiger partial charge in [0.15, 0.2) is 11.6 Å². The highest BCUT2D eigenvalue weighted by Gasteiger charge is 2.47. The number of carbonyl (C=O) groups is 7. The molecule has 2 heterocycles. The van der Waals surface area contributed by atoms with Crippen molar-refractivity contribution in [1.29, 1.82) is 0 Å². The molecule has 0 aliphatic carbocycles. The van der Waals surface area contributed by atoms with Gasteiger partial charge >= 0.3 is 6.09 Å². The van der Waals surface area contributed by atoms with Crippen LogP contribution in [-0.4, -0.2) is 59.0 Å². The van der Waals surface area contributed by atoms with Crippen LogP contribution >= 0.6 is 12.4 Å². The van der Waals surface area contributed by atoms with E-state index in [-0.39, 0.29) is 30.0 Å². The third-order valence-electron chi connectivity index (χ3n) is 6.19. The monoisotopic (exact) mass is 560 g/mol. The minimum absolute atomic E-state index is 0. The molecule has 38 heavy (non-hydrogen) atoms. The fraction of sp³-hybridized carbons (Fsp3) is 0.720. The van der Waals surface area contributed by atoms with Crippen LogP contribution in [0.4, 0.5) is 4.79 Å². The molecule has 0 radical (unpaired) electrons. The molecule has 216 valence electrons. The number of halogens is 1. The molecule has 0 spiro atoms. The molecule has 2 aliphatic rings. The van der Waals surface area contributed by atoms with Crippen LogP contribution in [-0.2, 0) is 33.5 Å². The molecule has 0 saturated carbocycles. The van der Waals surface area contributed by atoms with Gasteiger partial charge in [-0.3, -0.25) is 39.4 Å². The Kier molecular flexibility index (Phi) is 12.8. The van der Waals surface area contributed by atoms with Crippen LogP contribution in [0.3, 0.4) is 0 Å². The van der Waals surface area contributed by atoms with Gasteiger partial charge in [0.1, 0.15) is 17.4 Å². The van der Waals surface area contributed by atoms with E-state index >= 15 is 0 Å². The van der Waals surface area contributed by atoms with Gasteiger partial charge in [0, 0.05) is 0 Å². The predicted octanol–water partition coefficient (Wildman–Crippen LogP) is 0.883. The van der Waals surface area contributed by atoms with Gasteiger partial charge in [-0.25, -0.2) is 4.79 Å².